The van der Waals surface area contributed by atoms with Crippen LogP contribution in [0, 0.1) is 6.92 Å². The van der Waals surface area contributed by atoms with Crippen molar-refractivity contribution >= 4 is 5.91 Å². The molecule has 0 saturated carbocycles. The summed E-state index contributed by atoms with van der Waals surface area (Å²) in [6.07, 6.45) is 2.74. The number of rotatable bonds is 4. The highest BCUT2D eigenvalue weighted by Gasteiger charge is 2.24. The van der Waals surface area contributed by atoms with Crippen molar-refractivity contribution in [3.8, 4) is 0 Å². The molecule has 0 radical (unpaired) electrons. The molecule has 0 bridgehead atoms. The van der Waals surface area contributed by atoms with E-state index in [1.165, 1.54) is 11.1 Å². The fourth-order valence-electron chi connectivity index (χ4n) is 2.34. The summed E-state index contributed by atoms with van der Waals surface area (Å²) in [4.78, 5) is 14.0. The summed E-state index contributed by atoms with van der Waals surface area (Å²) in [5.74, 6) is 0.266. The topological polar surface area (TPSA) is 29.5 Å². The van der Waals surface area contributed by atoms with Crippen LogP contribution in [0.15, 0.2) is 24.3 Å². The average Bonchev–Trinajstić information content (AvgIpc) is 2.45. The van der Waals surface area contributed by atoms with Crippen molar-refractivity contribution < 1.29 is 9.53 Å². The van der Waals surface area contributed by atoms with Crippen LogP contribution in [0.3, 0.4) is 0 Å². The lowest BCUT2D eigenvalue weighted by Gasteiger charge is -2.33. The van der Waals surface area contributed by atoms with Crippen LogP contribution in [0.1, 0.15) is 43.4 Å². The third-order valence-electron chi connectivity index (χ3n) is 3.61. The quantitative estimate of drug-likeness (QED) is 0.833. The summed E-state index contributed by atoms with van der Waals surface area (Å²) in [6.45, 7) is 6.24. The molecule has 1 saturated heterocycles. The van der Waals surface area contributed by atoms with Gasteiger partial charge in [-0.3, -0.25) is 4.79 Å². The summed E-state index contributed by atoms with van der Waals surface area (Å²) in [6, 6.07) is 8.38. The maximum absolute atomic E-state index is 12.1. The van der Waals surface area contributed by atoms with E-state index in [0.717, 1.165) is 19.4 Å². The van der Waals surface area contributed by atoms with Crippen LogP contribution >= 0.6 is 0 Å². The molecule has 1 atom stereocenters. The van der Waals surface area contributed by atoms with Crippen molar-refractivity contribution in [2.75, 3.05) is 19.7 Å². The summed E-state index contributed by atoms with van der Waals surface area (Å²) in [7, 11) is 0. The number of aryl methyl sites for hydroxylation is 1. The molecule has 3 heteroatoms. The van der Waals surface area contributed by atoms with Gasteiger partial charge in [0.15, 0.2) is 0 Å². The molecule has 104 valence electrons. The van der Waals surface area contributed by atoms with Gasteiger partial charge in [0.25, 0.3) is 0 Å². The second-order valence-electron chi connectivity index (χ2n) is 5.21. The van der Waals surface area contributed by atoms with E-state index in [9.17, 15) is 4.79 Å². The van der Waals surface area contributed by atoms with Gasteiger partial charge in [-0.25, -0.2) is 0 Å². The third-order valence-corrected chi connectivity index (χ3v) is 3.61. The van der Waals surface area contributed by atoms with Crippen LogP contribution in [-0.2, 0) is 9.53 Å². The summed E-state index contributed by atoms with van der Waals surface area (Å²) >= 11 is 0. The molecule has 1 amide bonds. The van der Waals surface area contributed by atoms with Crippen molar-refractivity contribution in [3.05, 3.63) is 35.4 Å². The van der Waals surface area contributed by atoms with Crippen LogP contribution in [-0.4, -0.2) is 30.5 Å². The predicted octanol–water partition coefficient (Wildman–Crippen LogP) is 3.09. The number of carbonyl (C=O) groups is 1. The fraction of sp³-hybridized carbons (Fsp3) is 0.562. The van der Waals surface area contributed by atoms with Crippen molar-refractivity contribution in [2.45, 2.75) is 39.2 Å². The van der Waals surface area contributed by atoms with E-state index in [1.807, 2.05) is 4.90 Å². The highest BCUT2D eigenvalue weighted by atomic mass is 16.5. The van der Waals surface area contributed by atoms with Gasteiger partial charge < -0.3 is 9.64 Å². The van der Waals surface area contributed by atoms with Crippen molar-refractivity contribution in [3.63, 3.8) is 0 Å². The Balaban J connectivity index is 1.96. The largest absolute Gasteiger partial charge is 0.370 e. The zero-order valence-corrected chi connectivity index (χ0v) is 11.9. The van der Waals surface area contributed by atoms with Crippen molar-refractivity contribution in [1.29, 1.82) is 0 Å². The average molecular weight is 261 g/mol. The predicted molar refractivity (Wildman–Crippen MR) is 76.0 cm³/mol. The normalized spacial score (nSPS) is 19.5. The Morgan fingerprint density at radius 2 is 2.11 bits per heavy atom. The number of hydrogen-bond acceptors (Lipinski definition) is 2. The molecular weight excluding hydrogens is 238 g/mol. The molecule has 1 aromatic rings. The number of morpholine rings is 1. The molecule has 2 rings (SSSR count). The fourth-order valence-corrected chi connectivity index (χ4v) is 2.34. The van der Waals surface area contributed by atoms with E-state index >= 15 is 0 Å². The van der Waals surface area contributed by atoms with Gasteiger partial charge in [-0.05, 0) is 18.9 Å². The highest BCUT2D eigenvalue weighted by molar-refractivity contribution is 5.76. The molecule has 1 unspecified atom stereocenters. The van der Waals surface area contributed by atoms with Gasteiger partial charge in [-0.1, -0.05) is 43.2 Å². The Morgan fingerprint density at radius 3 is 2.79 bits per heavy atom. The standard InChI is InChI=1S/C16H23NO2/c1-3-4-5-16(18)17-10-11-19-15(12-17)14-8-6-13(2)7-9-14/h6-9,15H,3-5,10-12H2,1-2H3. The van der Waals surface area contributed by atoms with Gasteiger partial charge in [0.2, 0.25) is 5.91 Å². The van der Waals surface area contributed by atoms with Gasteiger partial charge in [-0.15, -0.1) is 0 Å². The van der Waals surface area contributed by atoms with E-state index < -0.39 is 0 Å². The number of nitrogens with zero attached hydrogens (tertiary/aromatic N) is 1. The Labute approximate surface area is 115 Å². The van der Waals surface area contributed by atoms with E-state index in [0.29, 0.717) is 19.6 Å². The molecule has 3 nitrogen and oxygen atoms in total. The lowest BCUT2D eigenvalue weighted by Crippen LogP contribution is -2.42. The van der Waals surface area contributed by atoms with E-state index in [4.69, 9.17) is 4.74 Å². The second kappa shape index (κ2) is 6.71. The Kier molecular flexibility index (Phi) is 4.97. The molecule has 1 aromatic carbocycles. The first-order chi connectivity index (χ1) is 9.20. The maximum atomic E-state index is 12.1. The van der Waals surface area contributed by atoms with Crippen LogP contribution in [0.5, 0.6) is 0 Å². The van der Waals surface area contributed by atoms with E-state index in [1.54, 1.807) is 0 Å². The number of ether oxygens (including phenoxy) is 1. The Hall–Kier alpha value is -1.35. The number of carbonyl (C=O) groups excluding carboxylic acids is 1. The Bertz CT molecular complexity index is 413. The Morgan fingerprint density at radius 1 is 1.37 bits per heavy atom. The van der Waals surface area contributed by atoms with Gasteiger partial charge in [-0.2, -0.15) is 0 Å². The van der Waals surface area contributed by atoms with Crippen LogP contribution < -0.4 is 0 Å². The molecule has 0 N–H and O–H groups in total. The first kappa shape index (κ1) is 14.1. The van der Waals surface area contributed by atoms with Crippen LogP contribution in [0.4, 0.5) is 0 Å². The molecule has 0 aromatic heterocycles. The summed E-state index contributed by atoms with van der Waals surface area (Å²) < 4.78 is 5.79. The van der Waals surface area contributed by atoms with E-state index in [2.05, 4.69) is 38.1 Å². The zero-order valence-electron chi connectivity index (χ0n) is 11.9. The minimum absolute atomic E-state index is 0.0277. The molecule has 19 heavy (non-hydrogen) atoms. The molecule has 1 heterocycles. The monoisotopic (exact) mass is 261 g/mol. The van der Waals surface area contributed by atoms with Crippen molar-refractivity contribution in [1.82, 2.24) is 4.90 Å². The molecule has 1 fully saturated rings. The minimum Gasteiger partial charge on any atom is -0.370 e. The number of benzene rings is 1. The van der Waals surface area contributed by atoms with Gasteiger partial charge in [0.05, 0.1) is 13.2 Å². The van der Waals surface area contributed by atoms with Gasteiger partial charge in [0, 0.05) is 13.0 Å². The first-order valence-electron chi connectivity index (χ1n) is 7.16. The molecular formula is C16H23NO2. The summed E-state index contributed by atoms with van der Waals surface area (Å²) in [5, 5.41) is 0. The smallest absolute Gasteiger partial charge is 0.222 e. The maximum Gasteiger partial charge on any atom is 0.222 e. The van der Waals surface area contributed by atoms with Crippen molar-refractivity contribution in [2.24, 2.45) is 0 Å². The minimum atomic E-state index is 0.0277. The third kappa shape index (κ3) is 3.80. The van der Waals surface area contributed by atoms with Crippen LogP contribution in [0.25, 0.3) is 0 Å². The summed E-state index contributed by atoms with van der Waals surface area (Å²) in [5.41, 5.74) is 2.41. The lowest BCUT2D eigenvalue weighted by atomic mass is 10.1. The highest BCUT2D eigenvalue weighted by Crippen LogP contribution is 2.23. The number of hydrogen-bond donors (Lipinski definition) is 0. The molecule has 1 aliphatic rings. The number of unbranched alkanes of at least 4 members (excludes halogenated alkanes) is 1. The molecule has 0 aliphatic carbocycles. The van der Waals surface area contributed by atoms with Gasteiger partial charge in [0.1, 0.15) is 6.10 Å². The van der Waals surface area contributed by atoms with E-state index in [-0.39, 0.29) is 12.0 Å². The lowest BCUT2D eigenvalue weighted by molar-refractivity contribution is -0.139. The first-order valence-corrected chi connectivity index (χ1v) is 7.16. The second-order valence-corrected chi connectivity index (χ2v) is 5.21. The van der Waals surface area contributed by atoms with Gasteiger partial charge >= 0.3 is 0 Å². The molecule has 0 spiro atoms. The zero-order chi connectivity index (χ0) is 13.7. The SMILES string of the molecule is CCCCC(=O)N1CCOC(c2ccc(C)cc2)C1. The molecule has 1 aliphatic heterocycles. The number of amides is 1. The van der Waals surface area contributed by atoms with Crippen LogP contribution in [0.2, 0.25) is 0 Å².